The van der Waals surface area contributed by atoms with E-state index in [1.165, 1.54) is 21.8 Å². The van der Waals surface area contributed by atoms with Gasteiger partial charge in [-0.2, -0.15) is 0 Å². The van der Waals surface area contributed by atoms with Gasteiger partial charge in [0, 0.05) is 11.4 Å². The average molecular weight is 320 g/mol. The lowest BCUT2D eigenvalue weighted by molar-refractivity contribution is -0.132. The molecule has 0 saturated carbocycles. The van der Waals surface area contributed by atoms with Gasteiger partial charge in [0.15, 0.2) is 0 Å². The maximum Gasteiger partial charge on any atom is 0.261 e. The van der Waals surface area contributed by atoms with Gasteiger partial charge < -0.3 is 10.2 Å². The molecule has 1 aliphatic rings. The van der Waals surface area contributed by atoms with Crippen LogP contribution in [0.5, 0.6) is 0 Å². The van der Waals surface area contributed by atoms with Crippen LogP contribution < -0.4 is 5.32 Å². The molecular weight excluding hydrogens is 304 g/mol. The summed E-state index contributed by atoms with van der Waals surface area (Å²) in [5.74, 6) is -0.205. The maximum atomic E-state index is 12.3. The number of hydrogen-bond acceptors (Lipinski definition) is 4. The Kier molecular flexibility index (Phi) is 4.07. The molecule has 2 amide bonds. The van der Waals surface area contributed by atoms with Crippen LogP contribution in [0.25, 0.3) is 0 Å². The largest absolute Gasteiger partial charge is 0.342 e. The number of nitrogens with one attached hydrogen (secondary N) is 1. The molecule has 0 bridgehead atoms. The molecule has 0 aromatic carbocycles. The third kappa shape index (κ3) is 2.87. The zero-order chi connectivity index (χ0) is 14.8. The smallest absolute Gasteiger partial charge is 0.261 e. The van der Waals surface area contributed by atoms with Crippen LogP contribution in [0.1, 0.15) is 33.1 Å². The van der Waals surface area contributed by atoms with E-state index in [9.17, 15) is 9.59 Å². The maximum absolute atomic E-state index is 12.3. The first kappa shape index (κ1) is 14.3. The van der Waals surface area contributed by atoms with Gasteiger partial charge in [-0.05, 0) is 41.8 Å². The molecule has 0 radical (unpaired) electrons. The van der Waals surface area contributed by atoms with Gasteiger partial charge in [-0.3, -0.25) is 9.59 Å². The van der Waals surface area contributed by atoms with Gasteiger partial charge in [-0.25, -0.2) is 0 Å². The molecule has 2 aromatic heterocycles. The first-order chi connectivity index (χ1) is 10.2. The molecule has 0 unspecified atom stereocenters. The lowest BCUT2D eigenvalue weighted by Gasteiger charge is -2.33. The third-order valence-electron chi connectivity index (χ3n) is 3.74. The lowest BCUT2D eigenvalue weighted by Crippen LogP contribution is -2.44. The molecule has 1 atom stereocenters. The molecule has 0 aliphatic carbocycles. The predicted octanol–water partition coefficient (Wildman–Crippen LogP) is 2.69. The second kappa shape index (κ2) is 5.99. The number of rotatable bonds is 3. The Labute approximate surface area is 131 Å². The van der Waals surface area contributed by atoms with Crippen molar-refractivity contribution in [3.8, 4) is 0 Å². The molecule has 1 N–H and O–H groups in total. The minimum Gasteiger partial charge on any atom is -0.342 e. The van der Waals surface area contributed by atoms with Crippen molar-refractivity contribution in [2.45, 2.75) is 19.4 Å². The Morgan fingerprint density at radius 2 is 2.19 bits per heavy atom. The van der Waals surface area contributed by atoms with Gasteiger partial charge >= 0.3 is 0 Å². The quantitative estimate of drug-likeness (QED) is 0.945. The van der Waals surface area contributed by atoms with E-state index < -0.39 is 0 Å². The molecule has 110 valence electrons. The van der Waals surface area contributed by atoms with E-state index in [1.807, 2.05) is 23.3 Å². The van der Waals surface area contributed by atoms with Crippen LogP contribution in [0.15, 0.2) is 29.0 Å². The Hall–Kier alpha value is -1.66. The van der Waals surface area contributed by atoms with E-state index in [4.69, 9.17) is 0 Å². The van der Waals surface area contributed by atoms with Crippen molar-refractivity contribution in [3.63, 3.8) is 0 Å². The summed E-state index contributed by atoms with van der Waals surface area (Å²) in [5.41, 5.74) is 1.24. The fourth-order valence-electron chi connectivity index (χ4n) is 2.60. The number of nitrogens with zero attached hydrogens (tertiary/aromatic N) is 1. The van der Waals surface area contributed by atoms with Crippen LogP contribution in [0.3, 0.4) is 0 Å². The number of thiophene rings is 2. The summed E-state index contributed by atoms with van der Waals surface area (Å²) < 4.78 is 0. The van der Waals surface area contributed by atoms with Crippen molar-refractivity contribution in [2.75, 3.05) is 13.1 Å². The molecule has 0 fully saturated rings. The van der Waals surface area contributed by atoms with E-state index >= 15 is 0 Å². The van der Waals surface area contributed by atoms with Crippen molar-refractivity contribution in [3.05, 3.63) is 44.3 Å². The van der Waals surface area contributed by atoms with E-state index in [1.54, 1.807) is 17.4 Å². The Morgan fingerprint density at radius 1 is 1.33 bits per heavy atom. The highest BCUT2D eigenvalue weighted by Gasteiger charge is 2.28. The highest BCUT2D eigenvalue weighted by Crippen LogP contribution is 2.32. The van der Waals surface area contributed by atoms with Gasteiger partial charge in [0.05, 0.1) is 17.5 Å². The van der Waals surface area contributed by atoms with Gasteiger partial charge in [0.2, 0.25) is 5.91 Å². The normalized spacial score (nSPS) is 17.4. The Balaban J connectivity index is 1.60. The first-order valence-corrected chi connectivity index (χ1v) is 8.60. The number of hydrogen-bond donors (Lipinski definition) is 1. The van der Waals surface area contributed by atoms with E-state index in [2.05, 4.69) is 16.8 Å². The fraction of sp³-hybridized carbons (Fsp3) is 0.333. The van der Waals surface area contributed by atoms with E-state index in [0.717, 1.165) is 13.0 Å². The summed E-state index contributed by atoms with van der Waals surface area (Å²) in [5, 5.41) is 6.63. The second-order valence-corrected chi connectivity index (χ2v) is 6.92. The number of carbonyl (C=O) groups excluding carboxylic acids is 2. The molecule has 4 nitrogen and oxygen atoms in total. The van der Waals surface area contributed by atoms with Crippen LogP contribution in [0, 0.1) is 0 Å². The minimum atomic E-state index is -0.181. The molecule has 1 aliphatic heterocycles. The molecule has 3 heterocycles. The molecule has 6 heteroatoms. The van der Waals surface area contributed by atoms with Crippen molar-refractivity contribution in [2.24, 2.45) is 0 Å². The number of carbonyl (C=O) groups is 2. The van der Waals surface area contributed by atoms with Crippen molar-refractivity contribution >= 4 is 34.5 Å². The molecule has 3 rings (SSSR count). The average Bonchev–Trinajstić information content (AvgIpc) is 3.15. The first-order valence-electron chi connectivity index (χ1n) is 6.84. The highest BCUT2D eigenvalue weighted by molar-refractivity contribution is 7.12. The molecule has 0 saturated heterocycles. The highest BCUT2D eigenvalue weighted by atomic mass is 32.1. The summed E-state index contributed by atoms with van der Waals surface area (Å²) >= 11 is 3.13. The summed E-state index contributed by atoms with van der Waals surface area (Å²) in [6, 6.07) is 5.76. The minimum absolute atomic E-state index is 0.0238. The summed E-state index contributed by atoms with van der Waals surface area (Å²) in [7, 11) is 0. The van der Waals surface area contributed by atoms with Crippen molar-refractivity contribution < 1.29 is 9.59 Å². The molecule has 0 spiro atoms. The van der Waals surface area contributed by atoms with Gasteiger partial charge in [-0.1, -0.05) is 6.07 Å². The van der Waals surface area contributed by atoms with Crippen LogP contribution in [0.4, 0.5) is 0 Å². The molecule has 2 aromatic rings. The monoisotopic (exact) mass is 320 g/mol. The van der Waals surface area contributed by atoms with Crippen molar-refractivity contribution in [1.29, 1.82) is 0 Å². The van der Waals surface area contributed by atoms with Crippen LogP contribution >= 0.6 is 22.7 Å². The third-order valence-corrected chi connectivity index (χ3v) is 5.61. The molecule has 21 heavy (non-hydrogen) atoms. The fourth-order valence-corrected chi connectivity index (χ4v) is 4.21. The van der Waals surface area contributed by atoms with Gasteiger partial charge in [0.25, 0.3) is 5.91 Å². The predicted molar refractivity (Wildman–Crippen MR) is 84.8 cm³/mol. The van der Waals surface area contributed by atoms with E-state index in [0.29, 0.717) is 4.88 Å². The van der Waals surface area contributed by atoms with Gasteiger partial charge in [0.1, 0.15) is 0 Å². The molecular formula is C15H16N2O2S2. The van der Waals surface area contributed by atoms with Crippen molar-refractivity contribution in [1.82, 2.24) is 10.2 Å². The lowest BCUT2D eigenvalue weighted by atomic mass is 10.0. The van der Waals surface area contributed by atoms with E-state index in [-0.39, 0.29) is 24.4 Å². The van der Waals surface area contributed by atoms with Crippen LogP contribution in [-0.4, -0.2) is 29.8 Å². The second-order valence-electron chi connectivity index (χ2n) is 4.97. The van der Waals surface area contributed by atoms with Crippen LogP contribution in [-0.2, 0) is 11.2 Å². The SMILES string of the molecule is C[C@H]1c2ccsc2CCN1C(=O)CNC(=O)c1cccs1. The zero-order valence-corrected chi connectivity index (χ0v) is 13.3. The van der Waals surface area contributed by atoms with Gasteiger partial charge in [-0.15, -0.1) is 22.7 Å². The standard InChI is InChI=1S/C15H16N2O2S2/c1-10-11-5-8-21-12(11)4-6-17(10)14(18)9-16-15(19)13-3-2-7-20-13/h2-3,5,7-8,10H,4,6,9H2,1H3,(H,16,19)/t10-/m0/s1. The Bertz CT molecular complexity index is 648. The number of fused-ring (bicyclic) bond motifs is 1. The summed E-state index contributed by atoms with van der Waals surface area (Å²) in [6.45, 7) is 2.83. The summed E-state index contributed by atoms with van der Waals surface area (Å²) in [6.07, 6.45) is 0.905. The topological polar surface area (TPSA) is 49.4 Å². The Morgan fingerprint density at radius 3 is 2.95 bits per heavy atom. The summed E-state index contributed by atoms with van der Waals surface area (Å²) in [4.78, 5) is 28.0. The zero-order valence-electron chi connectivity index (χ0n) is 11.7. The van der Waals surface area contributed by atoms with Crippen LogP contribution in [0.2, 0.25) is 0 Å². The number of amides is 2.